The Morgan fingerprint density at radius 2 is 2.25 bits per heavy atom. The highest BCUT2D eigenvalue weighted by Crippen LogP contribution is 2.20. The molecule has 2 rings (SSSR count). The Balaban J connectivity index is 1.92. The number of amides is 3. The molecule has 110 valence electrons. The molecule has 1 aromatic rings. The third-order valence-electron chi connectivity index (χ3n) is 3.65. The zero-order valence-corrected chi connectivity index (χ0v) is 11.9. The molecule has 0 aliphatic carbocycles. The molecular formula is C14H21N3O3. The minimum atomic E-state index is -0.461. The van der Waals surface area contributed by atoms with Crippen LogP contribution in [0.3, 0.4) is 0 Å². The van der Waals surface area contributed by atoms with E-state index in [4.69, 9.17) is 10.2 Å². The molecule has 0 unspecified atom stereocenters. The fraction of sp³-hybridized carbons (Fsp3) is 0.571. The second-order valence-electron chi connectivity index (χ2n) is 5.30. The molecule has 6 nitrogen and oxygen atoms in total. The number of likely N-dealkylation sites (tertiary alicyclic amines) is 1. The van der Waals surface area contributed by atoms with Gasteiger partial charge in [-0.3, -0.25) is 4.79 Å². The number of aryl methyl sites for hydroxylation is 1. The van der Waals surface area contributed by atoms with E-state index in [-0.39, 0.29) is 17.9 Å². The second-order valence-corrected chi connectivity index (χ2v) is 5.30. The van der Waals surface area contributed by atoms with Gasteiger partial charge in [-0.15, -0.1) is 0 Å². The molecule has 6 heteroatoms. The van der Waals surface area contributed by atoms with Crippen LogP contribution < -0.4 is 11.1 Å². The van der Waals surface area contributed by atoms with E-state index in [2.05, 4.69) is 5.32 Å². The summed E-state index contributed by atoms with van der Waals surface area (Å²) in [6, 6.07) is 3.09. The number of rotatable bonds is 3. The normalized spacial score (nSPS) is 20.5. The summed E-state index contributed by atoms with van der Waals surface area (Å²) < 4.78 is 5.49. The maximum atomic E-state index is 12.2. The largest absolute Gasteiger partial charge is 0.464 e. The van der Waals surface area contributed by atoms with Gasteiger partial charge in [0.15, 0.2) is 0 Å². The average molecular weight is 279 g/mol. The van der Waals surface area contributed by atoms with Crippen molar-refractivity contribution in [2.75, 3.05) is 13.1 Å². The van der Waals surface area contributed by atoms with E-state index >= 15 is 0 Å². The SMILES string of the molecule is Cc1ccc([C@@H](C)NC(=O)[C@H]2CCCN(C(N)=O)C2)o1. The summed E-state index contributed by atoms with van der Waals surface area (Å²) in [5.74, 6) is 1.30. The van der Waals surface area contributed by atoms with Gasteiger partial charge in [0.25, 0.3) is 0 Å². The Kier molecular flexibility index (Phi) is 4.32. The van der Waals surface area contributed by atoms with Crippen molar-refractivity contribution in [3.05, 3.63) is 23.7 Å². The highest BCUT2D eigenvalue weighted by Gasteiger charge is 2.28. The summed E-state index contributed by atoms with van der Waals surface area (Å²) in [4.78, 5) is 24.9. The molecule has 2 heterocycles. The first-order valence-corrected chi connectivity index (χ1v) is 6.88. The van der Waals surface area contributed by atoms with Gasteiger partial charge in [0.05, 0.1) is 12.0 Å². The summed E-state index contributed by atoms with van der Waals surface area (Å²) in [7, 11) is 0. The molecule has 20 heavy (non-hydrogen) atoms. The van der Waals surface area contributed by atoms with E-state index in [1.165, 1.54) is 4.90 Å². The minimum absolute atomic E-state index is 0.0579. The van der Waals surface area contributed by atoms with Gasteiger partial charge in [-0.25, -0.2) is 4.79 Å². The molecule has 0 spiro atoms. The van der Waals surface area contributed by atoms with Crippen molar-refractivity contribution in [2.45, 2.75) is 32.7 Å². The van der Waals surface area contributed by atoms with Crippen molar-refractivity contribution < 1.29 is 14.0 Å². The lowest BCUT2D eigenvalue weighted by atomic mass is 9.97. The van der Waals surface area contributed by atoms with Crippen LogP contribution in [0.15, 0.2) is 16.5 Å². The minimum Gasteiger partial charge on any atom is -0.464 e. The van der Waals surface area contributed by atoms with Crippen LogP contribution in [0.2, 0.25) is 0 Å². The number of urea groups is 1. The summed E-state index contributed by atoms with van der Waals surface area (Å²) >= 11 is 0. The third kappa shape index (κ3) is 3.31. The molecule has 2 atom stereocenters. The molecule has 1 aromatic heterocycles. The highest BCUT2D eigenvalue weighted by molar-refractivity contribution is 5.80. The van der Waals surface area contributed by atoms with Crippen LogP contribution >= 0.6 is 0 Å². The fourth-order valence-corrected chi connectivity index (χ4v) is 2.48. The average Bonchev–Trinajstić information content (AvgIpc) is 2.85. The maximum Gasteiger partial charge on any atom is 0.314 e. The van der Waals surface area contributed by atoms with Crippen molar-refractivity contribution >= 4 is 11.9 Å². The molecular weight excluding hydrogens is 258 g/mol. The van der Waals surface area contributed by atoms with Crippen LogP contribution in [0.1, 0.15) is 37.3 Å². The molecule has 1 fully saturated rings. The number of hydrogen-bond acceptors (Lipinski definition) is 3. The Hall–Kier alpha value is -1.98. The number of carbonyl (C=O) groups is 2. The predicted octanol–water partition coefficient (Wildman–Crippen LogP) is 1.56. The van der Waals surface area contributed by atoms with Crippen molar-refractivity contribution in [1.29, 1.82) is 0 Å². The molecule has 0 bridgehead atoms. The molecule has 1 saturated heterocycles. The zero-order valence-electron chi connectivity index (χ0n) is 11.9. The number of nitrogens with two attached hydrogens (primary N) is 1. The smallest absolute Gasteiger partial charge is 0.314 e. The first-order valence-electron chi connectivity index (χ1n) is 6.88. The van der Waals surface area contributed by atoms with E-state index in [0.29, 0.717) is 13.1 Å². The zero-order chi connectivity index (χ0) is 14.7. The Labute approximate surface area is 118 Å². The van der Waals surface area contributed by atoms with Gasteiger partial charge in [0.1, 0.15) is 11.5 Å². The molecule has 0 aromatic carbocycles. The lowest BCUT2D eigenvalue weighted by Crippen LogP contribution is -2.47. The molecule has 1 aliphatic heterocycles. The fourth-order valence-electron chi connectivity index (χ4n) is 2.48. The number of piperidine rings is 1. The van der Waals surface area contributed by atoms with Crippen LogP contribution in [0.4, 0.5) is 4.79 Å². The number of carbonyl (C=O) groups excluding carboxylic acids is 2. The first kappa shape index (κ1) is 14.4. The lowest BCUT2D eigenvalue weighted by molar-refractivity contribution is -0.127. The van der Waals surface area contributed by atoms with E-state index in [0.717, 1.165) is 24.4 Å². The Morgan fingerprint density at radius 3 is 2.85 bits per heavy atom. The number of nitrogens with one attached hydrogen (secondary N) is 1. The number of furan rings is 1. The highest BCUT2D eigenvalue weighted by atomic mass is 16.3. The van der Waals surface area contributed by atoms with Crippen LogP contribution in [-0.4, -0.2) is 29.9 Å². The topological polar surface area (TPSA) is 88.6 Å². The van der Waals surface area contributed by atoms with Crippen LogP contribution in [-0.2, 0) is 4.79 Å². The van der Waals surface area contributed by atoms with Gasteiger partial charge in [0.2, 0.25) is 5.91 Å². The molecule has 0 radical (unpaired) electrons. The van der Waals surface area contributed by atoms with Crippen molar-refractivity contribution in [3.8, 4) is 0 Å². The maximum absolute atomic E-state index is 12.2. The van der Waals surface area contributed by atoms with Crippen LogP contribution in [0.25, 0.3) is 0 Å². The van der Waals surface area contributed by atoms with Crippen molar-refractivity contribution in [3.63, 3.8) is 0 Å². The molecule has 3 amide bonds. The lowest BCUT2D eigenvalue weighted by Gasteiger charge is -2.31. The number of hydrogen-bond donors (Lipinski definition) is 2. The summed E-state index contributed by atoms with van der Waals surface area (Å²) in [6.45, 7) is 4.77. The quantitative estimate of drug-likeness (QED) is 0.880. The van der Waals surface area contributed by atoms with E-state index in [9.17, 15) is 9.59 Å². The summed E-state index contributed by atoms with van der Waals surface area (Å²) in [6.07, 6.45) is 1.58. The summed E-state index contributed by atoms with van der Waals surface area (Å²) in [5, 5.41) is 2.93. The van der Waals surface area contributed by atoms with Gasteiger partial charge in [-0.05, 0) is 38.8 Å². The number of nitrogens with zero attached hydrogens (tertiary/aromatic N) is 1. The van der Waals surface area contributed by atoms with Gasteiger partial charge in [-0.2, -0.15) is 0 Å². The monoisotopic (exact) mass is 279 g/mol. The van der Waals surface area contributed by atoms with E-state index in [1.54, 1.807) is 0 Å². The predicted molar refractivity (Wildman–Crippen MR) is 73.9 cm³/mol. The van der Waals surface area contributed by atoms with E-state index in [1.807, 2.05) is 26.0 Å². The first-order chi connectivity index (χ1) is 9.47. The molecule has 0 saturated carbocycles. The van der Waals surface area contributed by atoms with Gasteiger partial charge in [-0.1, -0.05) is 0 Å². The van der Waals surface area contributed by atoms with Crippen molar-refractivity contribution in [2.24, 2.45) is 11.7 Å². The molecule has 3 N–H and O–H groups in total. The third-order valence-corrected chi connectivity index (χ3v) is 3.65. The standard InChI is InChI=1S/C14H21N3O3/c1-9-5-6-12(20-9)10(2)16-13(18)11-4-3-7-17(8-11)14(15)19/h5-6,10-11H,3-4,7-8H2,1-2H3,(H2,15,19)(H,16,18)/t10-,11+/m1/s1. The van der Waals surface area contributed by atoms with Gasteiger partial charge in [0, 0.05) is 13.1 Å². The van der Waals surface area contributed by atoms with Crippen LogP contribution in [0.5, 0.6) is 0 Å². The van der Waals surface area contributed by atoms with Crippen LogP contribution in [0, 0.1) is 12.8 Å². The summed E-state index contributed by atoms with van der Waals surface area (Å²) in [5.41, 5.74) is 5.26. The Bertz CT molecular complexity index is 498. The van der Waals surface area contributed by atoms with Gasteiger partial charge >= 0.3 is 6.03 Å². The van der Waals surface area contributed by atoms with E-state index < -0.39 is 6.03 Å². The number of primary amides is 1. The Morgan fingerprint density at radius 1 is 1.50 bits per heavy atom. The van der Waals surface area contributed by atoms with Crippen molar-refractivity contribution in [1.82, 2.24) is 10.2 Å². The van der Waals surface area contributed by atoms with Gasteiger partial charge < -0.3 is 20.4 Å². The molecule has 1 aliphatic rings. The second kappa shape index (κ2) is 5.98.